The fourth-order valence-electron chi connectivity index (χ4n) is 4.35. The van der Waals surface area contributed by atoms with Gasteiger partial charge in [0, 0.05) is 17.0 Å². The average molecular weight is 313 g/mol. The number of fused-ring (bicyclic) bond motifs is 1. The molecule has 2 bridgehead atoms. The van der Waals surface area contributed by atoms with E-state index >= 15 is 0 Å². The van der Waals surface area contributed by atoms with E-state index in [-0.39, 0.29) is 23.3 Å². The van der Waals surface area contributed by atoms with E-state index < -0.39 is 5.41 Å². The van der Waals surface area contributed by atoms with Gasteiger partial charge in [0.25, 0.3) is 0 Å². The van der Waals surface area contributed by atoms with Gasteiger partial charge in [0.15, 0.2) is 17.3 Å². The number of likely N-dealkylation sites (tertiary alicyclic amines) is 1. The van der Waals surface area contributed by atoms with Crippen LogP contribution in [-0.2, 0) is 16.6 Å². The van der Waals surface area contributed by atoms with Crippen molar-refractivity contribution in [1.82, 2.24) is 4.90 Å². The minimum Gasteiger partial charge on any atom is -0.504 e. The molecule has 0 amide bonds. The Labute approximate surface area is 134 Å². The van der Waals surface area contributed by atoms with Gasteiger partial charge in [-0.3, -0.25) is 9.69 Å². The fourth-order valence-corrected chi connectivity index (χ4v) is 4.35. The number of rotatable bonds is 1. The van der Waals surface area contributed by atoms with Crippen LogP contribution in [0.25, 0.3) is 0 Å². The average Bonchev–Trinajstić information content (AvgIpc) is 2.52. The van der Waals surface area contributed by atoms with E-state index in [0.717, 1.165) is 29.7 Å². The highest BCUT2D eigenvalue weighted by molar-refractivity contribution is 6.05. The van der Waals surface area contributed by atoms with Crippen LogP contribution < -0.4 is 4.74 Å². The number of methoxy groups -OCH3 is 1. The lowest BCUT2D eigenvalue weighted by atomic mass is 9.58. The smallest absolute Gasteiger partial charge is 0.219 e. The first kappa shape index (κ1) is 14.3. The molecule has 1 aromatic carbocycles. The van der Waals surface area contributed by atoms with Crippen LogP contribution in [0, 0.1) is 0 Å². The van der Waals surface area contributed by atoms with Gasteiger partial charge in [-0.15, -0.1) is 0 Å². The largest absolute Gasteiger partial charge is 0.504 e. The van der Waals surface area contributed by atoms with Gasteiger partial charge in [-0.1, -0.05) is 6.07 Å². The highest BCUT2D eigenvalue weighted by Gasteiger charge is 2.51. The van der Waals surface area contributed by atoms with Crippen molar-refractivity contribution in [2.24, 2.45) is 0 Å². The van der Waals surface area contributed by atoms with Crippen LogP contribution in [0.3, 0.4) is 0 Å². The second-order valence-corrected chi connectivity index (χ2v) is 6.57. The molecular formula is C18H19NO4. The molecule has 1 fully saturated rings. The van der Waals surface area contributed by atoms with Gasteiger partial charge in [-0.25, -0.2) is 0 Å². The molecule has 1 saturated heterocycles. The van der Waals surface area contributed by atoms with Crippen LogP contribution in [0.1, 0.15) is 17.5 Å². The predicted octanol–water partition coefficient (Wildman–Crippen LogP) is 1.85. The summed E-state index contributed by atoms with van der Waals surface area (Å²) in [6, 6.07) is 3.85. The number of likely N-dealkylation sites (N-methyl/N-ethyl adjacent to an activating group) is 1. The highest BCUT2D eigenvalue weighted by Crippen LogP contribution is 2.55. The lowest BCUT2D eigenvalue weighted by Crippen LogP contribution is -2.54. The van der Waals surface area contributed by atoms with Gasteiger partial charge in [0.1, 0.15) is 0 Å². The molecule has 5 heteroatoms. The Morgan fingerprint density at radius 1 is 1.35 bits per heavy atom. The number of ketones is 1. The van der Waals surface area contributed by atoms with Crippen molar-refractivity contribution >= 4 is 5.78 Å². The second kappa shape index (κ2) is 4.61. The van der Waals surface area contributed by atoms with Crippen LogP contribution in [0.2, 0.25) is 0 Å². The third-order valence-electron chi connectivity index (χ3n) is 5.49. The molecule has 0 unspecified atom stereocenters. The zero-order valence-corrected chi connectivity index (χ0v) is 13.2. The molecule has 4 rings (SSSR count). The third kappa shape index (κ3) is 1.74. The van der Waals surface area contributed by atoms with Crippen molar-refractivity contribution in [3.05, 3.63) is 46.7 Å². The number of hydrogen-bond acceptors (Lipinski definition) is 5. The molecular weight excluding hydrogens is 294 g/mol. The number of carbonyl (C=O) groups excluding carboxylic acids is 1. The van der Waals surface area contributed by atoms with Gasteiger partial charge >= 0.3 is 0 Å². The number of nitrogens with zero attached hydrogens (tertiary/aromatic N) is 1. The first-order chi connectivity index (χ1) is 11.0. The summed E-state index contributed by atoms with van der Waals surface area (Å²) in [7, 11) is 3.57. The molecule has 1 aliphatic heterocycles. The van der Waals surface area contributed by atoms with Crippen molar-refractivity contribution in [3.63, 3.8) is 0 Å². The first-order valence-electron chi connectivity index (χ1n) is 7.75. The van der Waals surface area contributed by atoms with Crippen molar-refractivity contribution in [2.75, 3.05) is 20.7 Å². The maximum absolute atomic E-state index is 12.0. The number of carbonyl (C=O) groups is 1. The Bertz CT molecular complexity index is 779. The number of aliphatic hydroxyl groups is 1. The topological polar surface area (TPSA) is 70.0 Å². The maximum atomic E-state index is 12.0. The monoisotopic (exact) mass is 313 g/mol. The zero-order valence-electron chi connectivity index (χ0n) is 13.2. The van der Waals surface area contributed by atoms with E-state index in [1.165, 1.54) is 7.11 Å². The summed E-state index contributed by atoms with van der Waals surface area (Å²) in [5.74, 6) is -0.0779. The number of phenols is 1. The normalized spacial score (nSPS) is 29.3. The van der Waals surface area contributed by atoms with Gasteiger partial charge in [0.2, 0.25) is 5.78 Å². The third-order valence-corrected chi connectivity index (χ3v) is 5.49. The Balaban J connectivity index is 2.04. The number of allylic oxidation sites excluding steroid dienone is 2. The molecule has 0 saturated carbocycles. The number of phenolic OH excluding ortho intramolecular Hbond substituents is 1. The van der Waals surface area contributed by atoms with Crippen LogP contribution >= 0.6 is 0 Å². The molecule has 0 aromatic heterocycles. The molecule has 0 radical (unpaired) electrons. The number of aromatic hydroxyl groups is 1. The number of ether oxygens (including phenoxy) is 1. The summed E-state index contributed by atoms with van der Waals surface area (Å²) in [6.07, 6.45) is 4.62. The van der Waals surface area contributed by atoms with Crippen LogP contribution in [0.15, 0.2) is 35.6 Å². The quantitative estimate of drug-likeness (QED) is 0.828. The van der Waals surface area contributed by atoms with Crippen molar-refractivity contribution in [2.45, 2.75) is 24.3 Å². The summed E-state index contributed by atoms with van der Waals surface area (Å²) < 4.78 is 5.26. The van der Waals surface area contributed by atoms with Crippen LogP contribution in [0.4, 0.5) is 0 Å². The van der Waals surface area contributed by atoms with Crippen molar-refractivity contribution < 1.29 is 19.7 Å². The minimum atomic E-state index is -0.624. The lowest BCUT2D eigenvalue weighted by Gasteiger charge is -2.52. The molecule has 23 heavy (non-hydrogen) atoms. The van der Waals surface area contributed by atoms with Crippen LogP contribution in [-0.4, -0.2) is 47.6 Å². The van der Waals surface area contributed by atoms with Gasteiger partial charge in [-0.2, -0.15) is 0 Å². The number of hydrogen-bond donors (Lipinski definition) is 2. The Hall–Kier alpha value is -2.27. The molecule has 2 atom stereocenters. The summed E-state index contributed by atoms with van der Waals surface area (Å²) in [5.41, 5.74) is 2.15. The molecule has 120 valence electrons. The van der Waals surface area contributed by atoms with E-state index in [0.29, 0.717) is 12.2 Å². The van der Waals surface area contributed by atoms with Gasteiger partial charge in [0.05, 0.1) is 7.11 Å². The zero-order chi connectivity index (χ0) is 16.4. The SMILES string of the molecule is COc1ccc2c(c1O)[C@]13C=C(O)C(=O)C=C1[C@H](C2)N(C)CC3. The van der Waals surface area contributed by atoms with E-state index in [1.807, 2.05) is 13.1 Å². The second-order valence-electron chi connectivity index (χ2n) is 6.57. The van der Waals surface area contributed by atoms with Crippen molar-refractivity contribution in [1.29, 1.82) is 0 Å². The molecule has 2 N–H and O–H groups in total. The molecule has 5 nitrogen and oxygen atoms in total. The highest BCUT2D eigenvalue weighted by atomic mass is 16.5. The Morgan fingerprint density at radius 2 is 2.13 bits per heavy atom. The number of piperidine rings is 1. The van der Waals surface area contributed by atoms with Crippen LogP contribution in [0.5, 0.6) is 11.5 Å². The minimum absolute atomic E-state index is 0.109. The van der Waals surface area contributed by atoms with Gasteiger partial charge in [-0.05, 0) is 55.8 Å². The Morgan fingerprint density at radius 3 is 2.87 bits per heavy atom. The standard InChI is InChI=1S/C18H19NO4/c1-19-6-5-18-9-14(21)13(20)8-11(18)12(19)7-10-3-4-15(23-2)17(22)16(10)18/h3-4,8-9,12,21-22H,5-7H2,1-2H3/t12-,18+/m0/s1. The molecule has 0 spiro atoms. The van der Waals surface area contributed by atoms with E-state index in [2.05, 4.69) is 4.90 Å². The van der Waals surface area contributed by atoms with Gasteiger partial charge < -0.3 is 14.9 Å². The van der Waals surface area contributed by atoms with E-state index in [9.17, 15) is 15.0 Å². The van der Waals surface area contributed by atoms with E-state index in [1.54, 1.807) is 18.2 Å². The maximum Gasteiger partial charge on any atom is 0.219 e. The molecule has 1 aromatic rings. The summed E-state index contributed by atoms with van der Waals surface area (Å²) in [6.45, 7) is 0.829. The summed E-state index contributed by atoms with van der Waals surface area (Å²) >= 11 is 0. The van der Waals surface area contributed by atoms with E-state index in [4.69, 9.17) is 4.74 Å². The number of aliphatic hydroxyl groups excluding tert-OH is 1. The Kier molecular flexibility index (Phi) is 2.87. The predicted molar refractivity (Wildman–Crippen MR) is 84.9 cm³/mol. The molecule has 2 aliphatic carbocycles. The lowest BCUT2D eigenvalue weighted by molar-refractivity contribution is -0.114. The first-order valence-corrected chi connectivity index (χ1v) is 7.75. The summed E-state index contributed by atoms with van der Waals surface area (Å²) in [4.78, 5) is 14.2. The fraction of sp³-hybridized carbons (Fsp3) is 0.389. The molecule has 1 heterocycles. The summed E-state index contributed by atoms with van der Waals surface area (Å²) in [5, 5.41) is 20.8. The molecule has 3 aliphatic rings. The van der Waals surface area contributed by atoms with Crippen molar-refractivity contribution in [3.8, 4) is 11.5 Å². The number of benzene rings is 1.